The zero-order chi connectivity index (χ0) is 14.5. The Bertz CT molecular complexity index is 481. The van der Waals surface area contributed by atoms with Crippen LogP contribution >= 0.6 is 0 Å². The van der Waals surface area contributed by atoms with Crippen LogP contribution in [0.15, 0.2) is 12.3 Å². The van der Waals surface area contributed by atoms with Crippen molar-refractivity contribution < 1.29 is 13.7 Å². The molecule has 1 aliphatic carbocycles. The van der Waals surface area contributed by atoms with E-state index in [0.29, 0.717) is 11.8 Å². The van der Waals surface area contributed by atoms with Crippen molar-refractivity contribution in [2.24, 2.45) is 0 Å². The Morgan fingerprint density at radius 2 is 2.25 bits per heavy atom. The highest BCUT2D eigenvalue weighted by molar-refractivity contribution is 7.84. The molecule has 0 N–H and O–H groups in total. The summed E-state index contributed by atoms with van der Waals surface area (Å²) in [4.78, 5) is 11.2. The zero-order valence-electron chi connectivity index (χ0n) is 12.1. The lowest BCUT2D eigenvalue weighted by Crippen LogP contribution is -2.18. The van der Waals surface area contributed by atoms with Gasteiger partial charge in [-0.15, -0.1) is 0 Å². The van der Waals surface area contributed by atoms with Crippen molar-refractivity contribution in [2.75, 3.05) is 7.11 Å². The van der Waals surface area contributed by atoms with Gasteiger partial charge in [0.05, 0.1) is 31.0 Å². The number of rotatable bonds is 6. The molecule has 1 aromatic rings. The Balaban J connectivity index is 1.89. The van der Waals surface area contributed by atoms with E-state index in [1.54, 1.807) is 6.92 Å². The van der Waals surface area contributed by atoms with Gasteiger partial charge in [0.2, 0.25) is 0 Å². The first-order valence-electron chi connectivity index (χ1n) is 7.08. The second kappa shape index (κ2) is 7.02. The monoisotopic (exact) mass is 298 g/mol. The Hall–Kier alpha value is -1.17. The lowest BCUT2D eigenvalue weighted by molar-refractivity contribution is -0.140. The molecule has 6 heteroatoms. The third-order valence-electron chi connectivity index (χ3n) is 3.78. The maximum atomic E-state index is 12.1. The third-order valence-corrected chi connectivity index (χ3v) is 5.43. The van der Waals surface area contributed by atoms with Crippen LogP contribution in [0.4, 0.5) is 0 Å². The molecule has 1 saturated carbocycles. The normalized spacial score (nSPS) is 18.9. The van der Waals surface area contributed by atoms with E-state index >= 15 is 0 Å². The van der Waals surface area contributed by atoms with Gasteiger partial charge in [0, 0.05) is 22.2 Å². The highest BCUT2D eigenvalue weighted by atomic mass is 32.2. The minimum atomic E-state index is -1.10. The molecule has 1 aliphatic rings. The van der Waals surface area contributed by atoms with Crippen molar-refractivity contribution in [1.29, 1.82) is 0 Å². The molecule has 2 atom stereocenters. The van der Waals surface area contributed by atoms with Gasteiger partial charge in [0.1, 0.15) is 0 Å². The zero-order valence-corrected chi connectivity index (χ0v) is 12.9. The van der Waals surface area contributed by atoms with Crippen molar-refractivity contribution in [3.63, 3.8) is 0 Å². The minimum absolute atomic E-state index is 0.187. The van der Waals surface area contributed by atoms with E-state index in [-0.39, 0.29) is 17.6 Å². The first kappa shape index (κ1) is 15.2. The van der Waals surface area contributed by atoms with Crippen LogP contribution in [0.5, 0.6) is 0 Å². The summed E-state index contributed by atoms with van der Waals surface area (Å²) < 4.78 is 18.8. The van der Waals surface area contributed by atoms with Crippen LogP contribution in [0.3, 0.4) is 0 Å². The molecule has 2 rings (SSSR count). The maximum Gasteiger partial charge on any atom is 0.306 e. The van der Waals surface area contributed by atoms with E-state index in [0.717, 1.165) is 5.69 Å². The van der Waals surface area contributed by atoms with Gasteiger partial charge in [-0.05, 0) is 18.9 Å². The molecule has 0 amide bonds. The Morgan fingerprint density at radius 3 is 2.90 bits per heavy atom. The molecule has 0 spiro atoms. The lowest BCUT2D eigenvalue weighted by atomic mass is 10.3. The van der Waals surface area contributed by atoms with Gasteiger partial charge in [-0.1, -0.05) is 19.8 Å². The maximum absolute atomic E-state index is 12.1. The predicted molar refractivity (Wildman–Crippen MR) is 77.7 cm³/mol. The Kier molecular flexibility index (Phi) is 5.34. The standard InChI is InChI=1S/C14H22N2O3S/c1-11(9-14(17)19-2)20(18)10-12-7-8-16(15-12)13-5-3-4-6-13/h7-8,11,13H,3-6,9-10H2,1-2H3. The number of carbonyl (C=O) groups excluding carboxylic acids is 1. The molecule has 1 heterocycles. The SMILES string of the molecule is COC(=O)CC(C)S(=O)Cc1ccn(C2CCCC2)n1. The van der Waals surface area contributed by atoms with Crippen LogP contribution < -0.4 is 0 Å². The number of carbonyl (C=O) groups is 1. The predicted octanol–water partition coefficient (Wildman–Crippen LogP) is 2.20. The molecule has 0 radical (unpaired) electrons. The Morgan fingerprint density at radius 1 is 1.55 bits per heavy atom. The van der Waals surface area contributed by atoms with E-state index < -0.39 is 10.8 Å². The molecular weight excluding hydrogens is 276 g/mol. The number of nitrogens with zero attached hydrogens (tertiary/aromatic N) is 2. The first-order valence-corrected chi connectivity index (χ1v) is 8.46. The van der Waals surface area contributed by atoms with Gasteiger partial charge in [-0.25, -0.2) is 0 Å². The summed E-state index contributed by atoms with van der Waals surface area (Å²) >= 11 is 0. The number of hydrogen-bond acceptors (Lipinski definition) is 4. The number of methoxy groups -OCH3 is 1. The van der Waals surface area contributed by atoms with Crippen LogP contribution in [0, 0.1) is 0 Å². The van der Waals surface area contributed by atoms with E-state index in [1.165, 1.54) is 32.8 Å². The molecule has 112 valence electrons. The largest absolute Gasteiger partial charge is 0.469 e. The average Bonchev–Trinajstić information content (AvgIpc) is 3.08. The highest BCUT2D eigenvalue weighted by Crippen LogP contribution is 2.28. The number of ether oxygens (including phenoxy) is 1. The van der Waals surface area contributed by atoms with Gasteiger partial charge in [-0.3, -0.25) is 13.7 Å². The van der Waals surface area contributed by atoms with Gasteiger partial charge in [0.25, 0.3) is 0 Å². The van der Waals surface area contributed by atoms with E-state index in [9.17, 15) is 9.00 Å². The second-order valence-electron chi connectivity index (χ2n) is 5.34. The molecule has 20 heavy (non-hydrogen) atoms. The molecule has 2 unspecified atom stereocenters. The fourth-order valence-electron chi connectivity index (χ4n) is 2.53. The quantitative estimate of drug-likeness (QED) is 0.755. The van der Waals surface area contributed by atoms with Crippen LogP contribution in [0.25, 0.3) is 0 Å². The Labute approximate surface area is 122 Å². The highest BCUT2D eigenvalue weighted by Gasteiger charge is 2.20. The molecule has 1 aromatic heterocycles. The van der Waals surface area contributed by atoms with Crippen molar-refractivity contribution in [2.45, 2.75) is 56.1 Å². The first-order chi connectivity index (χ1) is 9.60. The van der Waals surface area contributed by atoms with Crippen molar-refractivity contribution in [3.8, 4) is 0 Å². The second-order valence-corrected chi connectivity index (χ2v) is 7.20. The minimum Gasteiger partial charge on any atom is -0.469 e. The molecular formula is C14H22N2O3S. The molecule has 0 aliphatic heterocycles. The van der Waals surface area contributed by atoms with Crippen LogP contribution in [-0.2, 0) is 26.1 Å². The van der Waals surface area contributed by atoms with Gasteiger partial charge < -0.3 is 4.74 Å². The van der Waals surface area contributed by atoms with Crippen LogP contribution in [0.1, 0.15) is 50.8 Å². The molecule has 5 nitrogen and oxygen atoms in total. The summed E-state index contributed by atoms with van der Waals surface area (Å²) in [7, 11) is 0.246. The molecule has 0 aromatic carbocycles. The molecule has 0 bridgehead atoms. The summed E-state index contributed by atoms with van der Waals surface area (Å²) in [5.74, 6) is 0.0834. The van der Waals surface area contributed by atoms with Gasteiger partial charge in [0.15, 0.2) is 0 Å². The molecule has 0 saturated heterocycles. The van der Waals surface area contributed by atoms with Crippen molar-refractivity contribution >= 4 is 16.8 Å². The topological polar surface area (TPSA) is 61.2 Å². The fourth-order valence-corrected chi connectivity index (χ4v) is 3.58. The van der Waals surface area contributed by atoms with E-state index in [4.69, 9.17) is 0 Å². The summed E-state index contributed by atoms with van der Waals surface area (Å²) in [5, 5.41) is 4.31. The number of esters is 1. The summed E-state index contributed by atoms with van der Waals surface area (Å²) in [6.45, 7) is 1.81. The van der Waals surface area contributed by atoms with Crippen LogP contribution in [0.2, 0.25) is 0 Å². The van der Waals surface area contributed by atoms with Gasteiger partial charge >= 0.3 is 5.97 Å². The summed E-state index contributed by atoms with van der Waals surface area (Å²) in [6.07, 6.45) is 7.07. The van der Waals surface area contributed by atoms with E-state index in [1.807, 2.05) is 16.9 Å². The third kappa shape index (κ3) is 3.91. The average molecular weight is 298 g/mol. The molecule has 1 fully saturated rings. The summed E-state index contributed by atoms with van der Waals surface area (Å²) in [6, 6.07) is 2.44. The summed E-state index contributed by atoms with van der Waals surface area (Å²) in [5.41, 5.74) is 0.840. The lowest BCUT2D eigenvalue weighted by Gasteiger charge is -2.10. The van der Waals surface area contributed by atoms with Crippen LogP contribution in [-0.4, -0.2) is 32.3 Å². The smallest absolute Gasteiger partial charge is 0.306 e. The fraction of sp³-hybridized carbons (Fsp3) is 0.714. The number of hydrogen-bond donors (Lipinski definition) is 0. The number of aromatic nitrogens is 2. The van der Waals surface area contributed by atoms with Crippen molar-refractivity contribution in [3.05, 3.63) is 18.0 Å². The van der Waals surface area contributed by atoms with Gasteiger partial charge in [-0.2, -0.15) is 5.10 Å². The van der Waals surface area contributed by atoms with Crippen molar-refractivity contribution in [1.82, 2.24) is 9.78 Å². The van der Waals surface area contributed by atoms with E-state index in [2.05, 4.69) is 9.84 Å².